The number of nitriles is 1. The summed E-state index contributed by atoms with van der Waals surface area (Å²) in [6.45, 7) is 1.72. The van der Waals surface area contributed by atoms with Gasteiger partial charge in [0, 0.05) is 11.1 Å². The molecule has 0 aliphatic rings. The normalized spacial score (nSPS) is 10.2. The summed E-state index contributed by atoms with van der Waals surface area (Å²) in [7, 11) is 0. The van der Waals surface area contributed by atoms with Crippen molar-refractivity contribution < 1.29 is 9.90 Å². The second kappa shape index (κ2) is 4.63. The van der Waals surface area contributed by atoms with Crippen LogP contribution in [-0.2, 0) is 0 Å². The van der Waals surface area contributed by atoms with Crippen molar-refractivity contribution in [3.63, 3.8) is 0 Å². The third-order valence-corrected chi connectivity index (χ3v) is 2.26. The van der Waals surface area contributed by atoms with Gasteiger partial charge in [-0.25, -0.2) is 0 Å². The van der Waals surface area contributed by atoms with Crippen molar-refractivity contribution in [3.8, 4) is 11.8 Å². The molecular weight excluding hydrogens is 214 g/mol. The molecule has 0 aliphatic carbocycles. The molecule has 3 nitrogen and oxygen atoms in total. The lowest BCUT2D eigenvalue weighted by molar-refractivity contribution is 0.104. The number of allylic oxidation sites excluding steroid dienone is 2. The topological polar surface area (TPSA) is 61.1 Å². The first kappa shape index (κ1) is 11.3. The van der Waals surface area contributed by atoms with Gasteiger partial charge in [0.1, 0.15) is 5.75 Å². The Labute approximate surface area is 92.2 Å². The number of nitrogens with zero attached hydrogens (tertiary/aromatic N) is 1. The van der Waals surface area contributed by atoms with Crippen molar-refractivity contribution in [1.82, 2.24) is 0 Å². The number of phenolic OH excluding ortho intramolecular Hbond substituents is 1. The summed E-state index contributed by atoms with van der Waals surface area (Å²) in [6.07, 6.45) is 2.14. The molecule has 0 atom stereocenters. The summed E-state index contributed by atoms with van der Waals surface area (Å²) in [4.78, 5) is 11.4. The molecule has 4 heteroatoms. The average Bonchev–Trinajstić information content (AvgIpc) is 2.20. The van der Waals surface area contributed by atoms with E-state index in [-0.39, 0.29) is 11.3 Å². The van der Waals surface area contributed by atoms with E-state index in [1.165, 1.54) is 12.1 Å². The Morgan fingerprint density at radius 3 is 2.87 bits per heavy atom. The van der Waals surface area contributed by atoms with Gasteiger partial charge < -0.3 is 5.11 Å². The van der Waals surface area contributed by atoms with Gasteiger partial charge in [-0.2, -0.15) is 5.26 Å². The lowest BCUT2D eigenvalue weighted by atomic mass is 10.1. The molecule has 0 fully saturated rings. The molecule has 0 saturated carbocycles. The van der Waals surface area contributed by atoms with Crippen molar-refractivity contribution in [3.05, 3.63) is 40.4 Å². The Balaban J connectivity index is 3.16. The Bertz CT molecular complexity index is 472. The lowest BCUT2D eigenvalue weighted by Gasteiger charge is -2.03. The number of rotatable bonds is 2. The number of phenols is 1. The highest BCUT2D eigenvalue weighted by Gasteiger charge is 2.10. The molecule has 0 bridgehead atoms. The molecule has 0 aromatic heterocycles. The van der Waals surface area contributed by atoms with E-state index >= 15 is 0 Å². The fourth-order valence-corrected chi connectivity index (χ4v) is 1.23. The Kier molecular flexibility index (Phi) is 3.48. The molecule has 0 heterocycles. The molecule has 76 valence electrons. The van der Waals surface area contributed by atoms with Crippen LogP contribution in [0, 0.1) is 18.3 Å². The summed E-state index contributed by atoms with van der Waals surface area (Å²) in [5.41, 5.74) is 0.784. The van der Waals surface area contributed by atoms with Gasteiger partial charge >= 0.3 is 0 Å². The molecule has 1 aromatic carbocycles. The van der Waals surface area contributed by atoms with Gasteiger partial charge in [0.25, 0.3) is 0 Å². The van der Waals surface area contributed by atoms with Gasteiger partial charge in [-0.1, -0.05) is 11.6 Å². The minimum Gasteiger partial charge on any atom is -0.507 e. The summed E-state index contributed by atoms with van der Waals surface area (Å²) < 4.78 is 0. The van der Waals surface area contributed by atoms with Crippen molar-refractivity contribution in [2.45, 2.75) is 6.92 Å². The number of hydrogen-bond donors (Lipinski definition) is 1. The molecule has 0 unspecified atom stereocenters. The summed E-state index contributed by atoms with van der Waals surface area (Å²) in [5.74, 6) is -0.583. The molecule has 0 radical (unpaired) electrons. The number of ketones is 1. The molecule has 15 heavy (non-hydrogen) atoms. The third-order valence-electron chi connectivity index (χ3n) is 1.85. The maximum atomic E-state index is 11.4. The number of carbonyl (C=O) groups is 1. The van der Waals surface area contributed by atoms with Crippen LogP contribution >= 0.6 is 11.6 Å². The van der Waals surface area contributed by atoms with E-state index in [0.29, 0.717) is 10.6 Å². The van der Waals surface area contributed by atoms with Crippen molar-refractivity contribution >= 4 is 17.4 Å². The van der Waals surface area contributed by atoms with Crippen LogP contribution < -0.4 is 0 Å². The Morgan fingerprint density at radius 2 is 2.27 bits per heavy atom. The molecule has 1 N–H and O–H groups in total. The van der Waals surface area contributed by atoms with Gasteiger partial charge in [-0.05, 0) is 30.7 Å². The van der Waals surface area contributed by atoms with E-state index in [4.69, 9.17) is 16.9 Å². The van der Waals surface area contributed by atoms with Gasteiger partial charge in [0.15, 0.2) is 5.78 Å². The van der Waals surface area contributed by atoms with Gasteiger partial charge in [0.2, 0.25) is 0 Å². The molecule has 1 aromatic rings. The number of aryl methyl sites for hydroxylation is 1. The van der Waals surface area contributed by atoms with E-state index in [1.54, 1.807) is 13.0 Å². The lowest BCUT2D eigenvalue weighted by Crippen LogP contribution is -1.95. The molecule has 0 saturated heterocycles. The maximum absolute atomic E-state index is 11.4. The number of halogens is 1. The smallest absolute Gasteiger partial charge is 0.190 e. The van der Waals surface area contributed by atoms with Crippen LogP contribution in [0.25, 0.3) is 0 Å². The van der Waals surface area contributed by atoms with Gasteiger partial charge in [-0.3, -0.25) is 4.79 Å². The number of aromatic hydroxyl groups is 1. The van der Waals surface area contributed by atoms with Crippen LogP contribution in [-0.4, -0.2) is 10.9 Å². The number of carbonyl (C=O) groups excluding carboxylic acids is 1. The molecule has 0 spiro atoms. The van der Waals surface area contributed by atoms with Crippen LogP contribution in [0.3, 0.4) is 0 Å². The first-order valence-corrected chi connectivity index (χ1v) is 4.53. The minimum atomic E-state index is -0.448. The van der Waals surface area contributed by atoms with E-state index in [1.807, 2.05) is 0 Å². The average molecular weight is 222 g/mol. The van der Waals surface area contributed by atoms with E-state index in [9.17, 15) is 9.90 Å². The van der Waals surface area contributed by atoms with E-state index in [2.05, 4.69) is 0 Å². The molecule has 0 aliphatic heterocycles. The number of benzene rings is 1. The van der Waals surface area contributed by atoms with E-state index < -0.39 is 5.78 Å². The predicted octanol–water partition coefficient (Wildman–Crippen LogP) is 2.62. The number of hydrogen-bond acceptors (Lipinski definition) is 3. The van der Waals surface area contributed by atoms with Crippen LogP contribution in [0.15, 0.2) is 24.3 Å². The second-order valence-corrected chi connectivity index (χ2v) is 3.35. The first-order valence-electron chi connectivity index (χ1n) is 4.16. The molecule has 1 rings (SSSR count). The highest BCUT2D eigenvalue weighted by Crippen LogP contribution is 2.26. The fraction of sp³-hybridized carbons (Fsp3) is 0.0909. The van der Waals surface area contributed by atoms with E-state index in [0.717, 1.165) is 12.2 Å². The highest BCUT2D eigenvalue weighted by atomic mass is 35.5. The third kappa shape index (κ3) is 2.58. The second-order valence-electron chi connectivity index (χ2n) is 2.95. The summed E-state index contributed by atoms with van der Waals surface area (Å²) in [5, 5.41) is 18.1. The van der Waals surface area contributed by atoms with Crippen LogP contribution in [0.4, 0.5) is 0 Å². The van der Waals surface area contributed by atoms with Gasteiger partial charge in [-0.15, -0.1) is 0 Å². The SMILES string of the molecule is Cc1cc(O)c(C(=O)/C=C/C#N)cc1Cl. The zero-order valence-corrected chi connectivity index (χ0v) is 8.75. The van der Waals surface area contributed by atoms with Gasteiger partial charge in [0.05, 0.1) is 11.6 Å². The molecular formula is C11H8ClNO2. The van der Waals surface area contributed by atoms with Crippen molar-refractivity contribution in [1.29, 1.82) is 5.26 Å². The zero-order chi connectivity index (χ0) is 11.4. The monoisotopic (exact) mass is 221 g/mol. The van der Waals surface area contributed by atoms with Crippen molar-refractivity contribution in [2.24, 2.45) is 0 Å². The quantitative estimate of drug-likeness (QED) is 0.474. The molecule has 0 amide bonds. The standard InChI is InChI=1S/C11H8ClNO2/c1-7-5-11(15)8(6-9(7)12)10(14)3-2-4-13/h2-3,5-6,15H,1H3/b3-2+. The minimum absolute atomic E-state index is 0.0945. The Hall–Kier alpha value is -1.79. The van der Waals surface area contributed by atoms with Crippen LogP contribution in [0.5, 0.6) is 5.75 Å². The fourth-order valence-electron chi connectivity index (χ4n) is 1.07. The van der Waals surface area contributed by atoms with Crippen LogP contribution in [0.1, 0.15) is 15.9 Å². The summed E-state index contributed by atoms with van der Waals surface area (Å²) in [6, 6.07) is 4.50. The first-order chi connectivity index (χ1) is 7.06. The van der Waals surface area contributed by atoms with Crippen LogP contribution in [0.2, 0.25) is 5.02 Å². The zero-order valence-electron chi connectivity index (χ0n) is 7.99. The maximum Gasteiger partial charge on any atom is 0.190 e. The predicted molar refractivity (Wildman–Crippen MR) is 56.9 cm³/mol. The largest absolute Gasteiger partial charge is 0.507 e. The highest BCUT2D eigenvalue weighted by molar-refractivity contribution is 6.32. The Morgan fingerprint density at radius 1 is 1.60 bits per heavy atom. The summed E-state index contributed by atoms with van der Waals surface area (Å²) >= 11 is 5.81. The van der Waals surface area contributed by atoms with Crippen molar-refractivity contribution in [2.75, 3.05) is 0 Å².